The highest BCUT2D eigenvalue weighted by Gasteiger charge is 1.96. The van der Waals surface area contributed by atoms with Gasteiger partial charge >= 0.3 is 0 Å². The molecule has 0 unspecified atom stereocenters. The van der Waals surface area contributed by atoms with E-state index in [9.17, 15) is 0 Å². The minimum absolute atomic E-state index is 0.517. The molecule has 0 N–H and O–H groups in total. The number of benzene rings is 1. The number of rotatable bonds is 4. The Morgan fingerprint density at radius 3 is 2.53 bits per heavy atom. The zero-order valence-electron chi connectivity index (χ0n) is 8.15. The molecule has 0 aliphatic rings. The van der Waals surface area contributed by atoms with E-state index in [0.717, 1.165) is 15.8 Å². The Balaban J connectivity index is 1.81. The molecule has 0 spiro atoms. The van der Waals surface area contributed by atoms with Crippen LogP contribution in [-0.4, -0.2) is 0 Å². The lowest BCUT2D eigenvalue weighted by atomic mass is 10.2. The van der Waals surface area contributed by atoms with Gasteiger partial charge in [0, 0.05) is 4.47 Å². The highest BCUT2D eigenvalue weighted by atomic mass is 79.9. The monoisotopic (exact) mass is 266 g/mol. The molecule has 1 heterocycles. The second-order valence-corrected chi connectivity index (χ2v) is 4.11. The van der Waals surface area contributed by atoms with Crippen LogP contribution in [0.5, 0.6) is 0 Å². The molecule has 0 radical (unpaired) electrons. The Labute approximate surface area is 97.0 Å². The third kappa shape index (κ3) is 3.22. The van der Waals surface area contributed by atoms with E-state index in [1.54, 1.807) is 6.26 Å². The van der Waals surface area contributed by atoms with Gasteiger partial charge in [0.1, 0.15) is 12.4 Å². The summed E-state index contributed by atoms with van der Waals surface area (Å²) in [6.07, 6.45) is 1.65. The van der Waals surface area contributed by atoms with Gasteiger partial charge in [-0.1, -0.05) is 28.1 Å². The summed E-state index contributed by atoms with van der Waals surface area (Å²) in [6, 6.07) is 11.8. The molecule has 0 saturated heterocycles. The first-order valence-electron chi connectivity index (χ1n) is 4.69. The molecule has 0 bridgehead atoms. The van der Waals surface area contributed by atoms with E-state index in [1.807, 2.05) is 36.4 Å². The Bertz CT molecular complexity index is 392. The molecular weight excluding hydrogens is 256 g/mol. The fourth-order valence-corrected chi connectivity index (χ4v) is 1.51. The van der Waals surface area contributed by atoms with Crippen molar-refractivity contribution in [3.8, 4) is 0 Å². The maximum atomic E-state index is 5.49. The van der Waals surface area contributed by atoms with E-state index < -0.39 is 0 Å². The van der Waals surface area contributed by atoms with E-state index in [1.165, 1.54) is 0 Å². The first-order valence-corrected chi connectivity index (χ1v) is 5.48. The summed E-state index contributed by atoms with van der Waals surface area (Å²) in [5, 5.41) is 0. The maximum Gasteiger partial charge on any atom is 0.129 e. The molecule has 2 rings (SSSR count). The van der Waals surface area contributed by atoms with Crippen LogP contribution >= 0.6 is 15.9 Å². The number of furan rings is 1. The molecule has 0 aliphatic carbocycles. The second kappa shape index (κ2) is 5.14. The average molecular weight is 267 g/mol. The van der Waals surface area contributed by atoms with Gasteiger partial charge in [-0.05, 0) is 29.8 Å². The van der Waals surface area contributed by atoms with Crippen LogP contribution in [0, 0.1) is 0 Å². The van der Waals surface area contributed by atoms with Crippen LogP contribution in [0.4, 0.5) is 0 Å². The molecule has 1 aromatic heterocycles. The van der Waals surface area contributed by atoms with Gasteiger partial charge in [-0.3, -0.25) is 0 Å². The van der Waals surface area contributed by atoms with Crippen molar-refractivity contribution in [2.24, 2.45) is 0 Å². The van der Waals surface area contributed by atoms with E-state index >= 15 is 0 Å². The zero-order chi connectivity index (χ0) is 10.5. The predicted octanol–water partition coefficient (Wildman–Crippen LogP) is 3.76. The largest absolute Gasteiger partial charge is 0.467 e. The molecule has 0 atom stereocenters. The van der Waals surface area contributed by atoms with Crippen LogP contribution < -0.4 is 0 Å². The Morgan fingerprint density at radius 2 is 1.87 bits per heavy atom. The lowest BCUT2D eigenvalue weighted by Crippen LogP contribution is -1.92. The summed E-state index contributed by atoms with van der Waals surface area (Å²) in [5.74, 6) is 0.854. The van der Waals surface area contributed by atoms with Crippen LogP contribution in [0.15, 0.2) is 51.6 Å². The molecule has 2 aromatic rings. The van der Waals surface area contributed by atoms with Crippen LogP contribution in [0.3, 0.4) is 0 Å². The van der Waals surface area contributed by atoms with Gasteiger partial charge in [-0.2, -0.15) is 0 Å². The molecule has 3 heteroatoms. The molecule has 0 amide bonds. The molecule has 0 fully saturated rings. The summed E-state index contributed by atoms with van der Waals surface area (Å²) < 4.78 is 11.7. The normalized spacial score (nSPS) is 10.5. The molecule has 2 nitrogen and oxygen atoms in total. The van der Waals surface area contributed by atoms with Crippen LogP contribution in [0.25, 0.3) is 0 Å². The topological polar surface area (TPSA) is 22.4 Å². The minimum atomic E-state index is 0.517. The van der Waals surface area contributed by atoms with Crippen molar-refractivity contribution in [1.29, 1.82) is 0 Å². The predicted molar refractivity (Wildman–Crippen MR) is 61.3 cm³/mol. The summed E-state index contributed by atoms with van der Waals surface area (Å²) in [5.41, 5.74) is 1.16. The summed E-state index contributed by atoms with van der Waals surface area (Å²) in [7, 11) is 0. The smallest absolute Gasteiger partial charge is 0.129 e. The summed E-state index contributed by atoms with van der Waals surface area (Å²) >= 11 is 3.39. The lowest BCUT2D eigenvalue weighted by molar-refractivity contribution is 0.0929. The third-order valence-electron chi connectivity index (χ3n) is 2.01. The molecule has 15 heavy (non-hydrogen) atoms. The molecule has 0 aliphatic heterocycles. The van der Waals surface area contributed by atoms with Crippen molar-refractivity contribution in [3.05, 3.63) is 58.5 Å². The van der Waals surface area contributed by atoms with Gasteiger partial charge in [0.15, 0.2) is 0 Å². The van der Waals surface area contributed by atoms with Crippen molar-refractivity contribution in [2.75, 3.05) is 0 Å². The van der Waals surface area contributed by atoms with Crippen molar-refractivity contribution < 1.29 is 9.15 Å². The van der Waals surface area contributed by atoms with E-state index in [4.69, 9.17) is 9.15 Å². The highest BCUT2D eigenvalue weighted by molar-refractivity contribution is 9.10. The van der Waals surface area contributed by atoms with Crippen molar-refractivity contribution in [1.82, 2.24) is 0 Å². The van der Waals surface area contributed by atoms with Gasteiger partial charge in [0.05, 0.1) is 12.9 Å². The second-order valence-electron chi connectivity index (χ2n) is 3.20. The Morgan fingerprint density at radius 1 is 1.07 bits per heavy atom. The Kier molecular flexibility index (Phi) is 3.59. The average Bonchev–Trinajstić information content (AvgIpc) is 2.74. The molecule has 78 valence electrons. The Hall–Kier alpha value is -1.06. The standard InChI is InChI=1S/C12H11BrO2/c13-11-5-3-10(4-6-11)8-14-9-12-2-1-7-15-12/h1-7H,8-9H2. The van der Waals surface area contributed by atoms with Crippen molar-refractivity contribution >= 4 is 15.9 Å². The highest BCUT2D eigenvalue weighted by Crippen LogP contribution is 2.12. The number of hydrogen-bond acceptors (Lipinski definition) is 2. The van der Waals surface area contributed by atoms with E-state index in [2.05, 4.69) is 15.9 Å². The molecule has 1 aromatic carbocycles. The maximum absolute atomic E-state index is 5.49. The van der Waals surface area contributed by atoms with E-state index in [0.29, 0.717) is 13.2 Å². The molecule has 0 saturated carbocycles. The number of ether oxygens (including phenoxy) is 1. The molecular formula is C12H11BrO2. The minimum Gasteiger partial charge on any atom is -0.467 e. The van der Waals surface area contributed by atoms with Gasteiger partial charge in [-0.25, -0.2) is 0 Å². The van der Waals surface area contributed by atoms with Gasteiger partial charge in [0.2, 0.25) is 0 Å². The van der Waals surface area contributed by atoms with Gasteiger partial charge < -0.3 is 9.15 Å². The first-order chi connectivity index (χ1) is 7.34. The van der Waals surface area contributed by atoms with Crippen molar-refractivity contribution in [2.45, 2.75) is 13.2 Å². The lowest BCUT2D eigenvalue weighted by Gasteiger charge is -2.02. The van der Waals surface area contributed by atoms with Crippen LogP contribution in [0.1, 0.15) is 11.3 Å². The van der Waals surface area contributed by atoms with Gasteiger partial charge in [0.25, 0.3) is 0 Å². The SMILES string of the molecule is Brc1ccc(COCc2ccco2)cc1. The number of hydrogen-bond donors (Lipinski definition) is 0. The van der Waals surface area contributed by atoms with Gasteiger partial charge in [-0.15, -0.1) is 0 Å². The van der Waals surface area contributed by atoms with Crippen molar-refractivity contribution in [3.63, 3.8) is 0 Å². The quantitative estimate of drug-likeness (QED) is 0.841. The number of halogens is 1. The van der Waals surface area contributed by atoms with Crippen LogP contribution in [-0.2, 0) is 18.0 Å². The fourth-order valence-electron chi connectivity index (χ4n) is 1.24. The third-order valence-corrected chi connectivity index (χ3v) is 2.54. The summed E-state index contributed by atoms with van der Waals surface area (Å²) in [4.78, 5) is 0. The van der Waals surface area contributed by atoms with Crippen LogP contribution in [0.2, 0.25) is 0 Å². The first kappa shape index (κ1) is 10.5. The summed E-state index contributed by atoms with van der Waals surface area (Å²) in [6.45, 7) is 1.12. The zero-order valence-corrected chi connectivity index (χ0v) is 9.74. The fraction of sp³-hybridized carbons (Fsp3) is 0.167. The van der Waals surface area contributed by atoms with E-state index in [-0.39, 0.29) is 0 Å².